The molecular weight excluding hydrogens is 276 g/mol. The molecule has 0 aliphatic heterocycles. The molecule has 1 N–H and O–H groups in total. The van der Waals surface area contributed by atoms with Gasteiger partial charge in [0.2, 0.25) is 0 Å². The molecule has 2 unspecified atom stereocenters. The molecule has 1 aromatic rings. The number of nitrogens with zero attached hydrogens (tertiary/aromatic N) is 1. The van der Waals surface area contributed by atoms with Gasteiger partial charge >= 0.3 is 0 Å². The molecule has 1 aromatic carbocycles. The van der Waals surface area contributed by atoms with E-state index in [9.17, 15) is 0 Å². The van der Waals surface area contributed by atoms with Crippen LogP contribution in [0, 0.1) is 0 Å². The van der Waals surface area contributed by atoms with Crippen molar-refractivity contribution in [3.8, 4) is 0 Å². The number of nitrogens with one attached hydrogen (secondary N) is 1. The molecule has 2 nitrogen and oxygen atoms in total. The molecule has 0 saturated carbocycles. The van der Waals surface area contributed by atoms with Gasteiger partial charge in [0.25, 0.3) is 0 Å². The summed E-state index contributed by atoms with van der Waals surface area (Å²) < 4.78 is 0. The van der Waals surface area contributed by atoms with Crippen LogP contribution in [0.4, 0.5) is 0 Å². The lowest BCUT2D eigenvalue weighted by Gasteiger charge is -2.26. The van der Waals surface area contributed by atoms with E-state index in [2.05, 4.69) is 36.5 Å². The largest absolute Gasteiger partial charge is 0.313 e. The van der Waals surface area contributed by atoms with Crippen molar-refractivity contribution >= 4 is 23.4 Å². The highest BCUT2D eigenvalue weighted by Crippen LogP contribution is 2.20. The molecule has 2 atom stereocenters. The SMILES string of the molecule is CNC(CCN(C)C(C)CSC)c1cccc(Cl)c1. The first-order chi connectivity index (χ1) is 9.08. The number of rotatable bonds is 8. The van der Waals surface area contributed by atoms with E-state index >= 15 is 0 Å². The topological polar surface area (TPSA) is 15.3 Å². The Morgan fingerprint density at radius 3 is 2.74 bits per heavy atom. The van der Waals surface area contributed by atoms with Gasteiger partial charge in [-0.1, -0.05) is 23.7 Å². The van der Waals surface area contributed by atoms with Crippen molar-refractivity contribution in [1.29, 1.82) is 0 Å². The lowest BCUT2D eigenvalue weighted by atomic mass is 10.0. The van der Waals surface area contributed by atoms with Gasteiger partial charge in [-0.2, -0.15) is 11.8 Å². The van der Waals surface area contributed by atoms with E-state index in [-0.39, 0.29) is 0 Å². The first-order valence-corrected chi connectivity index (χ1v) is 8.47. The van der Waals surface area contributed by atoms with E-state index in [0.717, 1.165) is 18.0 Å². The van der Waals surface area contributed by atoms with Crippen LogP contribution >= 0.6 is 23.4 Å². The third-order valence-corrected chi connectivity index (χ3v) is 4.58. The van der Waals surface area contributed by atoms with Crippen LogP contribution in [0.2, 0.25) is 5.02 Å². The zero-order chi connectivity index (χ0) is 14.3. The lowest BCUT2D eigenvalue weighted by molar-refractivity contribution is 0.262. The van der Waals surface area contributed by atoms with Gasteiger partial charge in [0.1, 0.15) is 0 Å². The molecule has 0 radical (unpaired) electrons. The van der Waals surface area contributed by atoms with Crippen LogP contribution in [-0.4, -0.2) is 43.6 Å². The average molecular weight is 301 g/mol. The van der Waals surface area contributed by atoms with Gasteiger partial charge in [0, 0.05) is 22.9 Å². The fourth-order valence-electron chi connectivity index (χ4n) is 2.12. The molecule has 0 aromatic heterocycles. The number of halogens is 1. The Morgan fingerprint density at radius 2 is 2.16 bits per heavy atom. The molecule has 0 saturated heterocycles. The molecule has 0 bridgehead atoms. The van der Waals surface area contributed by atoms with Gasteiger partial charge < -0.3 is 10.2 Å². The van der Waals surface area contributed by atoms with Crippen molar-refractivity contribution in [3.05, 3.63) is 34.9 Å². The Morgan fingerprint density at radius 1 is 1.42 bits per heavy atom. The smallest absolute Gasteiger partial charge is 0.0409 e. The monoisotopic (exact) mass is 300 g/mol. The molecule has 0 amide bonds. The van der Waals surface area contributed by atoms with Crippen molar-refractivity contribution in [3.63, 3.8) is 0 Å². The van der Waals surface area contributed by atoms with Crippen molar-refractivity contribution in [2.75, 3.05) is 32.6 Å². The van der Waals surface area contributed by atoms with Gasteiger partial charge in [0.15, 0.2) is 0 Å². The number of hydrogen-bond acceptors (Lipinski definition) is 3. The quantitative estimate of drug-likeness (QED) is 0.788. The summed E-state index contributed by atoms with van der Waals surface area (Å²) in [6.07, 6.45) is 3.25. The van der Waals surface area contributed by atoms with E-state index in [0.29, 0.717) is 12.1 Å². The highest BCUT2D eigenvalue weighted by Gasteiger charge is 2.13. The summed E-state index contributed by atoms with van der Waals surface area (Å²) in [5.41, 5.74) is 1.26. The van der Waals surface area contributed by atoms with E-state index < -0.39 is 0 Å². The Hall–Kier alpha value is -0.220. The van der Waals surface area contributed by atoms with Crippen LogP contribution in [0.15, 0.2) is 24.3 Å². The molecule has 4 heteroatoms. The summed E-state index contributed by atoms with van der Waals surface area (Å²) in [4.78, 5) is 2.42. The number of thioether (sulfide) groups is 1. The van der Waals surface area contributed by atoms with Crippen molar-refractivity contribution < 1.29 is 0 Å². The van der Waals surface area contributed by atoms with Crippen molar-refractivity contribution in [2.24, 2.45) is 0 Å². The highest BCUT2D eigenvalue weighted by atomic mass is 35.5. The Kier molecular flexibility index (Phi) is 7.84. The van der Waals surface area contributed by atoms with Crippen LogP contribution in [0.25, 0.3) is 0 Å². The second-order valence-electron chi connectivity index (χ2n) is 4.97. The maximum atomic E-state index is 6.06. The molecule has 0 aliphatic carbocycles. The van der Waals surface area contributed by atoms with Crippen molar-refractivity contribution in [2.45, 2.75) is 25.4 Å². The minimum Gasteiger partial charge on any atom is -0.313 e. The number of benzene rings is 1. The summed E-state index contributed by atoms with van der Waals surface area (Å²) >= 11 is 7.96. The summed E-state index contributed by atoms with van der Waals surface area (Å²) in [5.74, 6) is 1.18. The average Bonchev–Trinajstić information content (AvgIpc) is 2.39. The molecule has 0 spiro atoms. The molecule has 108 valence electrons. The fraction of sp³-hybridized carbons (Fsp3) is 0.600. The van der Waals surface area contributed by atoms with Gasteiger partial charge in [0.05, 0.1) is 0 Å². The predicted octanol–water partition coefficient (Wildman–Crippen LogP) is 3.67. The van der Waals surface area contributed by atoms with Gasteiger partial charge in [-0.25, -0.2) is 0 Å². The van der Waals surface area contributed by atoms with Crippen LogP contribution in [0.1, 0.15) is 24.9 Å². The van der Waals surface area contributed by atoms with Crippen LogP contribution in [-0.2, 0) is 0 Å². The zero-order valence-electron chi connectivity index (χ0n) is 12.3. The maximum Gasteiger partial charge on any atom is 0.0409 e. The summed E-state index contributed by atoms with van der Waals surface area (Å²) in [6, 6.07) is 9.10. The van der Waals surface area contributed by atoms with Crippen LogP contribution in [0.3, 0.4) is 0 Å². The van der Waals surface area contributed by atoms with Crippen LogP contribution in [0.5, 0.6) is 0 Å². The zero-order valence-corrected chi connectivity index (χ0v) is 13.9. The molecule has 0 fully saturated rings. The summed E-state index contributed by atoms with van der Waals surface area (Å²) in [7, 11) is 4.21. The lowest BCUT2D eigenvalue weighted by Crippen LogP contribution is -2.33. The van der Waals surface area contributed by atoms with E-state index in [4.69, 9.17) is 11.6 Å². The molecule has 1 rings (SSSR count). The predicted molar refractivity (Wildman–Crippen MR) is 88.3 cm³/mol. The standard InChI is InChI=1S/C15H25ClN2S/c1-12(11-19-4)18(3)9-8-15(17-2)13-6-5-7-14(16)10-13/h5-7,10,12,15,17H,8-9,11H2,1-4H3. The second-order valence-corrected chi connectivity index (χ2v) is 6.32. The van der Waals surface area contributed by atoms with Gasteiger partial charge in [-0.05, 0) is 57.9 Å². The minimum atomic E-state index is 0.364. The minimum absolute atomic E-state index is 0.364. The third kappa shape index (κ3) is 5.74. The Bertz CT molecular complexity index is 373. The first-order valence-electron chi connectivity index (χ1n) is 6.70. The fourth-order valence-corrected chi connectivity index (χ4v) is 3.06. The molecule has 19 heavy (non-hydrogen) atoms. The third-order valence-electron chi connectivity index (χ3n) is 3.53. The molecular formula is C15H25ClN2S. The Labute approximate surface area is 126 Å². The van der Waals surface area contributed by atoms with Crippen molar-refractivity contribution in [1.82, 2.24) is 10.2 Å². The maximum absolute atomic E-state index is 6.06. The van der Waals surface area contributed by atoms with E-state index in [1.54, 1.807) is 0 Å². The summed E-state index contributed by atoms with van der Waals surface area (Å²) in [6.45, 7) is 3.37. The highest BCUT2D eigenvalue weighted by molar-refractivity contribution is 7.98. The first kappa shape index (κ1) is 16.8. The number of hydrogen-bond donors (Lipinski definition) is 1. The summed E-state index contributed by atoms with van der Waals surface area (Å²) in [5, 5.41) is 4.19. The van der Waals surface area contributed by atoms with E-state index in [1.807, 2.05) is 37.0 Å². The molecule has 0 heterocycles. The Balaban J connectivity index is 2.53. The van der Waals surface area contributed by atoms with E-state index in [1.165, 1.54) is 11.3 Å². The van der Waals surface area contributed by atoms with Crippen LogP contribution < -0.4 is 5.32 Å². The molecule has 0 aliphatic rings. The van der Waals surface area contributed by atoms with Gasteiger partial charge in [-0.15, -0.1) is 0 Å². The second kappa shape index (κ2) is 8.85. The van der Waals surface area contributed by atoms with Gasteiger partial charge in [-0.3, -0.25) is 0 Å². The normalized spacial score (nSPS) is 14.6.